The molecule has 1 aliphatic rings. The number of hydrogen-bond acceptors (Lipinski definition) is 6. The van der Waals surface area contributed by atoms with Crippen molar-refractivity contribution in [3.63, 3.8) is 0 Å². The van der Waals surface area contributed by atoms with E-state index >= 15 is 0 Å². The number of nitrogens with one attached hydrogen (secondary N) is 1. The average Bonchev–Trinajstić information content (AvgIpc) is 2.74. The van der Waals surface area contributed by atoms with E-state index in [1.54, 1.807) is 12.1 Å². The third-order valence-corrected chi connectivity index (χ3v) is 8.78. The lowest BCUT2D eigenvalue weighted by molar-refractivity contribution is 0.343. The Morgan fingerprint density at radius 2 is 1.62 bits per heavy atom. The van der Waals surface area contributed by atoms with Crippen molar-refractivity contribution in [3.05, 3.63) is 42.5 Å². The number of piperidine rings is 1. The number of thioether (sulfide) groups is 1. The zero-order valence-electron chi connectivity index (χ0n) is 16.3. The second-order valence-electron chi connectivity index (χ2n) is 6.61. The lowest BCUT2D eigenvalue weighted by atomic mass is 10.2. The smallest absolute Gasteiger partial charge is 0.261 e. The first-order chi connectivity index (χ1) is 13.8. The van der Waals surface area contributed by atoms with Gasteiger partial charge in [0.15, 0.2) is 0 Å². The second-order valence-corrected chi connectivity index (χ2v) is 11.1. The molecule has 0 aromatic heterocycles. The van der Waals surface area contributed by atoms with Crippen molar-refractivity contribution in [1.82, 2.24) is 4.31 Å². The van der Waals surface area contributed by atoms with Crippen LogP contribution >= 0.6 is 11.8 Å². The Kier molecular flexibility index (Phi) is 6.77. The summed E-state index contributed by atoms with van der Waals surface area (Å²) in [6.45, 7) is 0.895. The molecule has 158 valence electrons. The maximum absolute atomic E-state index is 13.1. The molecule has 1 aliphatic heterocycles. The molecule has 1 N–H and O–H groups in total. The van der Waals surface area contributed by atoms with E-state index in [1.165, 1.54) is 53.5 Å². The zero-order valence-corrected chi connectivity index (χ0v) is 18.7. The minimum absolute atomic E-state index is 0.0418. The second kappa shape index (κ2) is 8.95. The lowest BCUT2D eigenvalue weighted by Gasteiger charge is -2.26. The fourth-order valence-electron chi connectivity index (χ4n) is 3.16. The zero-order chi connectivity index (χ0) is 21.1. The average molecular weight is 457 g/mol. The van der Waals surface area contributed by atoms with Crippen LogP contribution in [0.15, 0.2) is 57.2 Å². The van der Waals surface area contributed by atoms with Gasteiger partial charge in [-0.3, -0.25) is 4.72 Å². The molecule has 1 saturated heterocycles. The van der Waals surface area contributed by atoms with Gasteiger partial charge in [0, 0.05) is 18.0 Å². The third kappa shape index (κ3) is 4.88. The molecule has 0 radical (unpaired) electrons. The number of benzene rings is 2. The first-order valence-electron chi connectivity index (χ1n) is 9.13. The third-order valence-electron chi connectivity index (χ3n) is 4.72. The number of sulfonamides is 2. The molecule has 0 unspecified atom stereocenters. The van der Waals surface area contributed by atoms with Gasteiger partial charge >= 0.3 is 0 Å². The summed E-state index contributed by atoms with van der Waals surface area (Å²) in [4.78, 5) is 1.01. The minimum atomic E-state index is -3.85. The van der Waals surface area contributed by atoms with E-state index < -0.39 is 20.0 Å². The number of rotatable bonds is 7. The molecular formula is C19H24N2O5S3. The summed E-state index contributed by atoms with van der Waals surface area (Å²) in [5, 5.41) is 0. The summed E-state index contributed by atoms with van der Waals surface area (Å²) in [7, 11) is -6.25. The summed E-state index contributed by atoms with van der Waals surface area (Å²) in [6.07, 6.45) is 4.52. The van der Waals surface area contributed by atoms with Gasteiger partial charge in [-0.25, -0.2) is 16.8 Å². The minimum Gasteiger partial charge on any atom is -0.495 e. The van der Waals surface area contributed by atoms with E-state index in [2.05, 4.69) is 4.72 Å². The molecule has 1 fully saturated rings. The van der Waals surface area contributed by atoms with E-state index in [-0.39, 0.29) is 21.2 Å². The number of anilines is 1. The van der Waals surface area contributed by atoms with Crippen LogP contribution in [0, 0.1) is 0 Å². The summed E-state index contributed by atoms with van der Waals surface area (Å²) in [5.74, 6) is 0.183. The predicted octanol–water partition coefficient (Wildman–Crippen LogP) is 3.39. The van der Waals surface area contributed by atoms with Gasteiger partial charge in [-0.05, 0) is 61.6 Å². The van der Waals surface area contributed by atoms with Crippen LogP contribution in [-0.4, -0.2) is 47.6 Å². The van der Waals surface area contributed by atoms with Crippen LogP contribution in [-0.2, 0) is 20.0 Å². The van der Waals surface area contributed by atoms with Crippen LogP contribution in [0.5, 0.6) is 5.75 Å². The fourth-order valence-corrected chi connectivity index (χ4v) is 6.31. The summed E-state index contributed by atoms with van der Waals surface area (Å²) in [5.41, 5.74) is 0.162. The van der Waals surface area contributed by atoms with Gasteiger partial charge in [0.25, 0.3) is 10.0 Å². The Labute approximate surface area is 176 Å². The van der Waals surface area contributed by atoms with Gasteiger partial charge in [-0.1, -0.05) is 6.42 Å². The molecule has 29 heavy (non-hydrogen) atoms. The van der Waals surface area contributed by atoms with E-state index in [9.17, 15) is 16.8 Å². The van der Waals surface area contributed by atoms with Crippen molar-refractivity contribution in [1.29, 1.82) is 0 Å². The molecule has 0 amide bonds. The molecule has 10 heteroatoms. The van der Waals surface area contributed by atoms with Crippen molar-refractivity contribution in [2.24, 2.45) is 0 Å². The maximum Gasteiger partial charge on any atom is 0.261 e. The Morgan fingerprint density at radius 1 is 0.966 bits per heavy atom. The van der Waals surface area contributed by atoms with Crippen LogP contribution < -0.4 is 9.46 Å². The molecule has 0 atom stereocenters. The van der Waals surface area contributed by atoms with Gasteiger partial charge in [0.2, 0.25) is 10.0 Å². The highest BCUT2D eigenvalue weighted by Crippen LogP contribution is 2.32. The molecule has 7 nitrogen and oxygen atoms in total. The summed E-state index contributed by atoms with van der Waals surface area (Å²) < 4.78 is 60.7. The summed E-state index contributed by atoms with van der Waals surface area (Å²) >= 11 is 1.51. The Hall–Kier alpha value is -1.75. The maximum atomic E-state index is 13.1. The standard InChI is InChI=1S/C19H24N2O5S3/c1-26-18-11-6-15(14-19(18)29(24,25)21-12-4-3-5-13-21)20-28(22,23)17-9-7-16(27-2)8-10-17/h6-11,14,20H,3-5,12-13H2,1-2H3. The molecule has 1 heterocycles. The number of ether oxygens (including phenoxy) is 1. The van der Waals surface area contributed by atoms with E-state index in [1.807, 2.05) is 6.26 Å². The lowest BCUT2D eigenvalue weighted by Crippen LogP contribution is -2.35. The van der Waals surface area contributed by atoms with Gasteiger partial charge in [0.05, 0.1) is 17.7 Å². The quantitative estimate of drug-likeness (QED) is 0.642. The van der Waals surface area contributed by atoms with E-state index in [0.717, 1.165) is 24.2 Å². The highest BCUT2D eigenvalue weighted by Gasteiger charge is 2.29. The van der Waals surface area contributed by atoms with Crippen molar-refractivity contribution in [3.8, 4) is 5.75 Å². The van der Waals surface area contributed by atoms with Crippen molar-refractivity contribution in [2.45, 2.75) is 33.9 Å². The van der Waals surface area contributed by atoms with E-state index in [0.29, 0.717) is 13.1 Å². The Balaban J connectivity index is 1.93. The van der Waals surface area contributed by atoms with Crippen LogP contribution in [0.25, 0.3) is 0 Å². The Bertz CT molecular complexity index is 1060. The molecule has 0 aliphatic carbocycles. The highest BCUT2D eigenvalue weighted by atomic mass is 32.2. The normalized spacial score (nSPS) is 15.8. The van der Waals surface area contributed by atoms with Crippen molar-refractivity contribution in [2.75, 3.05) is 31.2 Å². The highest BCUT2D eigenvalue weighted by molar-refractivity contribution is 7.98. The van der Waals surface area contributed by atoms with Crippen molar-refractivity contribution >= 4 is 37.5 Å². The number of hydrogen-bond donors (Lipinski definition) is 1. The predicted molar refractivity (Wildman–Crippen MR) is 115 cm³/mol. The molecule has 0 saturated carbocycles. The van der Waals surface area contributed by atoms with E-state index in [4.69, 9.17) is 4.74 Å². The Morgan fingerprint density at radius 3 is 2.21 bits per heavy atom. The topological polar surface area (TPSA) is 92.8 Å². The molecule has 0 bridgehead atoms. The molecule has 3 rings (SSSR count). The molecule has 0 spiro atoms. The monoisotopic (exact) mass is 456 g/mol. The van der Waals surface area contributed by atoms with Gasteiger partial charge in [0.1, 0.15) is 10.6 Å². The number of nitrogens with zero attached hydrogens (tertiary/aromatic N) is 1. The van der Waals surface area contributed by atoms with Gasteiger partial charge in [-0.2, -0.15) is 4.31 Å². The van der Waals surface area contributed by atoms with Crippen LogP contribution in [0.3, 0.4) is 0 Å². The SMILES string of the molecule is COc1ccc(NS(=O)(=O)c2ccc(SC)cc2)cc1S(=O)(=O)N1CCCCC1. The largest absolute Gasteiger partial charge is 0.495 e. The first-order valence-corrected chi connectivity index (χ1v) is 13.3. The molecule has 2 aromatic rings. The summed E-state index contributed by atoms with van der Waals surface area (Å²) in [6, 6.07) is 10.7. The molecule has 2 aromatic carbocycles. The van der Waals surface area contributed by atoms with Crippen LogP contribution in [0.1, 0.15) is 19.3 Å². The fraction of sp³-hybridized carbons (Fsp3) is 0.368. The van der Waals surface area contributed by atoms with Gasteiger partial charge < -0.3 is 4.74 Å². The van der Waals surface area contributed by atoms with Crippen LogP contribution in [0.4, 0.5) is 5.69 Å². The van der Waals surface area contributed by atoms with Crippen molar-refractivity contribution < 1.29 is 21.6 Å². The van der Waals surface area contributed by atoms with Crippen LogP contribution in [0.2, 0.25) is 0 Å². The number of methoxy groups -OCH3 is 1. The van der Waals surface area contributed by atoms with Gasteiger partial charge in [-0.15, -0.1) is 11.8 Å². The first kappa shape index (κ1) is 21.9. The molecular weight excluding hydrogens is 432 g/mol.